The lowest BCUT2D eigenvalue weighted by atomic mass is 10.1. The van der Waals surface area contributed by atoms with Crippen molar-refractivity contribution in [3.8, 4) is 0 Å². The maximum atomic E-state index is 10.5. The van der Waals surface area contributed by atoms with Gasteiger partial charge in [0.05, 0.1) is 6.04 Å². The second-order valence-corrected chi connectivity index (χ2v) is 13.8. The molecule has 0 spiro atoms. The molecule has 0 heterocycles. The van der Waals surface area contributed by atoms with Gasteiger partial charge in [0.15, 0.2) is 0 Å². The van der Waals surface area contributed by atoms with Gasteiger partial charge in [-0.15, -0.1) is 0 Å². The van der Waals surface area contributed by atoms with Crippen LogP contribution in [-0.4, -0.2) is 23.5 Å². The predicted molar refractivity (Wildman–Crippen MR) is 116 cm³/mol. The van der Waals surface area contributed by atoms with Crippen molar-refractivity contribution in [1.82, 2.24) is 4.57 Å². The van der Waals surface area contributed by atoms with E-state index >= 15 is 0 Å². The molecule has 27 heavy (non-hydrogen) atoms. The van der Waals surface area contributed by atoms with Gasteiger partial charge in [0.1, 0.15) is 13.8 Å². The van der Waals surface area contributed by atoms with E-state index in [-0.39, 0.29) is 12.0 Å². The fourth-order valence-electron chi connectivity index (χ4n) is 3.03. The number of ether oxygens (including phenoxy) is 1. The Balaban J connectivity index is 2.46. The third-order valence-electron chi connectivity index (χ3n) is 4.25. The van der Waals surface area contributed by atoms with Gasteiger partial charge < -0.3 is 14.4 Å². The number of nitrogens with zero attached hydrogens (tertiary/aromatic N) is 1. The number of rotatable bonds is 7. The van der Waals surface area contributed by atoms with E-state index in [0.29, 0.717) is 0 Å². The summed E-state index contributed by atoms with van der Waals surface area (Å²) in [5.74, 6) is -0.0207. The molecule has 0 saturated carbocycles. The molecule has 146 valence electrons. The molecule has 0 aliphatic heterocycles. The fourth-order valence-corrected chi connectivity index (χ4v) is 4.75. The molecule has 2 aromatic carbocycles. The monoisotopic (exact) mass is 383 g/mol. The van der Waals surface area contributed by atoms with Gasteiger partial charge >= 0.3 is 0 Å². The summed E-state index contributed by atoms with van der Waals surface area (Å²) in [4.78, 5) is 0. The van der Waals surface area contributed by atoms with E-state index in [4.69, 9.17) is 4.74 Å². The second-order valence-electron chi connectivity index (χ2n) is 8.86. The quantitative estimate of drug-likeness (QED) is 0.451. The van der Waals surface area contributed by atoms with Crippen LogP contribution >= 0.6 is 0 Å². The van der Waals surface area contributed by atoms with Crippen LogP contribution in [0.5, 0.6) is 0 Å². The molecule has 0 saturated heterocycles. The summed E-state index contributed by atoms with van der Waals surface area (Å²) < 4.78 is 8.22. The first kappa shape index (κ1) is 21.3. The molecular formula is C23H33NO2Si. The third-order valence-corrected chi connectivity index (χ3v) is 6.41. The van der Waals surface area contributed by atoms with Gasteiger partial charge in [0, 0.05) is 12.6 Å². The number of benzene rings is 2. The zero-order valence-corrected chi connectivity index (χ0v) is 18.4. The van der Waals surface area contributed by atoms with E-state index < -0.39 is 13.8 Å². The van der Waals surface area contributed by atoms with Gasteiger partial charge in [0.2, 0.25) is 0 Å². The Morgan fingerprint density at radius 3 is 2.00 bits per heavy atom. The molecule has 3 nitrogen and oxygen atoms in total. The molecule has 0 amide bonds. The van der Waals surface area contributed by atoms with Gasteiger partial charge in [-0.2, -0.15) is 0 Å². The summed E-state index contributed by atoms with van der Waals surface area (Å²) in [6.07, 6.45) is 1.85. The third kappa shape index (κ3) is 6.89. The summed E-state index contributed by atoms with van der Waals surface area (Å²) in [5, 5.41) is 10.5. The molecule has 0 fully saturated rings. The van der Waals surface area contributed by atoms with Gasteiger partial charge in [0.25, 0.3) is 5.95 Å². The van der Waals surface area contributed by atoms with E-state index in [9.17, 15) is 5.11 Å². The Bertz CT molecular complexity index is 730. The Kier molecular flexibility index (Phi) is 6.90. The van der Waals surface area contributed by atoms with Crippen molar-refractivity contribution in [3.63, 3.8) is 0 Å². The van der Waals surface area contributed by atoms with Gasteiger partial charge in [-0.3, -0.25) is 0 Å². The van der Waals surface area contributed by atoms with Crippen molar-refractivity contribution in [2.45, 2.75) is 58.6 Å². The van der Waals surface area contributed by atoms with Crippen LogP contribution in [-0.2, 0) is 11.3 Å². The van der Waals surface area contributed by atoms with E-state index in [1.807, 2.05) is 51.1 Å². The van der Waals surface area contributed by atoms with Crippen LogP contribution in [0.3, 0.4) is 0 Å². The van der Waals surface area contributed by atoms with Crippen LogP contribution in [0.1, 0.15) is 37.9 Å². The van der Waals surface area contributed by atoms with Crippen molar-refractivity contribution in [2.24, 2.45) is 0 Å². The second kappa shape index (κ2) is 8.76. The molecule has 2 rings (SSSR count). The molecule has 0 radical (unpaired) electrons. The van der Waals surface area contributed by atoms with Crippen LogP contribution in [0.4, 0.5) is 0 Å². The fraction of sp³-hybridized carbons (Fsp3) is 0.391. The molecule has 4 heteroatoms. The summed E-state index contributed by atoms with van der Waals surface area (Å²) in [6.45, 7) is 13.7. The van der Waals surface area contributed by atoms with E-state index in [1.54, 1.807) is 0 Å². The van der Waals surface area contributed by atoms with Crippen molar-refractivity contribution in [3.05, 3.63) is 83.8 Å². The smallest absolute Gasteiger partial charge is 0.274 e. The van der Waals surface area contributed by atoms with E-state index in [1.165, 1.54) is 5.56 Å². The summed E-state index contributed by atoms with van der Waals surface area (Å²) in [5.41, 5.74) is 1.98. The summed E-state index contributed by atoms with van der Waals surface area (Å²) in [7, 11) is -1.72. The van der Waals surface area contributed by atoms with Crippen LogP contribution in [0, 0.1) is 0 Å². The maximum absolute atomic E-state index is 10.5. The van der Waals surface area contributed by atoms with Crippen molar-refractivity contribution < 1.29 is 9.84 Å². The van der Waals surface area contributed by atoms with Crippen LogP contribution in [0.2, 0.25) is 19.6 Å². The number of hydrogen-bond acceptors (Lipinski definition) is 3. The van der Waals surface area contributed by atoms with Crippen LogP contribution in [0.25, 0.3) is 0 Å². The van der Waals surface area contributed by atoms with E-state index in [0.717, 1.165) is 12.1 Å². The molecule has 0 aliphatic rings. The van der Waals surface area contributed by atoms with E-state index in [2.05, 4.69) is 60.6 Å². The number of hydrogen-bond donors (Lipinski definition) is 1. The van der Waals surface area contributed by atoms with Gasteiger partial charge in [-0.25, -0.2) is 0 Å². The Labute approximate surface area is 165 Å². The first-order valence-electron chi connectivity index (χ1n) is 9.52. The highest BCUT2D eigenvalue weighted by Gasteiger charge is 2.31. The molecule has 1 N–H and O–H groups in total. The minimum atomic E-state index is -1.72. The average Bonchev–Trinajstić information content (AvgIpc) is 2.57. The Morgan fingerprint density at radius 1 is 1.00 bits per heavy atom. The topological polar surface area (TPSA) is 32.7 Å². The average molecular weight is 384 g/mol. The highest BCUT2D eigenvalue weighted by atomic mass is 28.3. The van der Waals surface area contributed by atoms with Crippen LogP contribution in [0.15, 0.2) is 72.7 Å². The highest BCUT2D eigenvalue weighted by Crippen LogP contribution is 2.31. The zero-order valence-electron chi connectivity index (χ0n) is 17.4. The summed E-state index contributed by atoms with van der Waals surface area (Å²) >= 11 is 0. The minimum Gasteiger partial charge on any atom is -0.481 e. The Morgan fingerprint density at radius 2 is 1.52 bits per heavy atom. The zero-order chi connectivity index (χ0) is 20.1. The molecule has 0 unspecified atom stereocenters. The van der Waals surface area contributed by atoms with Crippen molar-refractivity contribution in [2.75, 3.05) is 0 Å². The lowest BCUT2D eigenvalue weighted by Gasteiger charge is -2.40. The SMILES string of the molecule is CC(C)(C)O/C(O)=C/[C@@H](c1ccccc1)N(Cc1ccccc1)[Si](C)(C)C. The predicted octanol–water partition coefficient (Wildman–Crippen LogP) is 6.28. The molecule has 0 aromatic heterocycles. The van der Waals surface area contributed by atoms with Gasteiger partial charge in [-0.1, -0.05) is 80.3 Å². The normalized spacial score (nSPS) is 14.3. The van der Waals surface area contributed by atoms with Crippen molar-refractivity contribution >= 4 is 8.24 Å². The number of aliphatic hydroxyl groups excluding tert-OH is 1. The maximum Gasteiger partial charge on any atom is 0.274 e. The Hall–Kier alpha value is -2.04. The standard InChI is InChI=1S/C23H33NO2Si/c1-23(2,3)26-22(25)17-21(20-15-11-8-12-16-20)24(27(4,5)6)18-19-13-9-7-10-14-19/h7-17,21,25H,18H2,1-6H3/b22-17+/t21-/m0/s1. The first-order valence-corrected chi connectivity index (χ1v) is 13.0. The molecule has 2 aromatic rings. The largest absolute Gasteiger partial charge is 0.481 e. The lowest BCUT2D eigenvalue weighted by molar-refractivity contribution is -0.0164. The van der Waals surface area contributed by atoms with Crippen molar-refractivity contribution in [1.29, 1.82) is 0 Å². The molecule has 1 atom stereocenters. The number of aliphatic hydroxyl groups is 1. The van der Waals surface area contributed by atoms with Gasteiger partial charge in [-0.05, 0) is 31.9 Å². The molecular weight excluding hydrogens is 350 g/mol. The molecule has 0 aliphatic carbocycles. The molecule has 0 bridgehead atoms. The first-order chi connectivity index (χ1) is 12.6. The summed E-state index contributed by atoms with van der Waals surface area (Å²) in [6, 6.07) is 20.8. The van der Waals surface area contributed by atoms with Crippen LogP contribution < -0.4 is 0 Å². The minimum absolute atomic E-state index is 0.0207. The highest BCUT2D eigenvalue weighted by molar-refractivity contribution is 6.73. The lowest BCUT2D eigenvalue weighted by Crippen LogP contribution is -2.47.